The molecule has 20 heavy (non-hydrogen) atoms. The summed E-state index contributed by atoms with van der Waals surface area (Å²) in [6, 6.07) is 8.42. The van der Waals surface area contributed by atoms with E-state index in [1.807, 2.05) is 13.1 Å². The average molecular weight is 277 g/mol. The molecule has 112 valence electrons. The van der Waals surface area contributed by atoms with Crippen molar-refractivity contribution in [2.45, 2.75) is 38.2 Å². The van der Waals surface area contributed by atoms with Crippen LogP contribution in [0.2, 0.25) is 0 Å². The van der Waals surface area contributed by atoms with Crippen molar-refractivity contribution in [1.82, 2.24) is 5.32 Å². The van der Waals surface area contributed by atoms with E-state index in [-0.39, 0.29) is 0 Å². The molecule has 1 fully saturated rings. The van der Waals surface area contributed by atoms with Gasteiger partial charge in [0, 0.05) is 6.61 Å². The van der Waals surface area contributed by atoms with E-state index >= 15 is 0 Å². The predicted octanol–water partition coefficient (Wildman–Crippen LogP) is 3.03. The Morgan fingerprint density at radius 2 is 2.35 bits per heavy atom. The Balaban J connectivity index is 1.86. The van der Waals surface area contributed by atoms with Crippen LogP contribution >= 0.6 is 0 Å². The minimum atomic E-state index is 0.500. The molecule has 0 aliphatic carbocycles. The Bertz CT molecular complexity index is 388. The zero-order valence-corrected chi connectivity index (χ0v) is 12.7. The van der Waals surface area contributed by atoms with Gasteiger partial charge in [0.05, 0.1) is 13.2 Å². The zero-order chi connectivity index (χ0) is 14.2. The van der Waals surface area contributed by atoms with Crippen molar-refractivity contribution in [3.63, 3.8) is 0 Å². The van der Waals surface area contributed by atoms with Gasteiger partial charge in [-0.3, -0.25) is 0 Å². The molecule has 2 rings (SSSR count). The third-order valence-electron chi connectivity index (χ3n) is 4.07. The molecule has 1 heterocycles. The normalized spacial score (nSPS) is 20.0. The van der Waals surface area contributed by atoms with Gasteiger partial charge in [0.2, 0.25) is 0 Å². The Kier molecular flexibility index (Phi) is 6.34. The number of hydrogen-bond acceptors (Lipinski definition) is 3. The van der Waals surface area contributed by atoms with Crippen molar-refractivity contribution in [2.75, 3.05) is 27.3 Å². The summed E-state index contributed by atoms with van der Waals surface area (Å²) in [5.74, 6) is 1.61. The standard InChI is InChI=1S/C17H27NO2/c1-18-13-15(8-9-16-7-4-10-20-16)11-14-5-3-6-17(12-14)19-2/h3,5-6,12,15-16,18H,4,7-11,13H2,1-2H3. The van der Waals surface area contributed by atoms with Gasteiger partial charge < -0.3 is 14.8 Å². The van der Waals surface area contributed by atoms with Crippen LogP contribution in [-0.2, 0) is 11.2 Å². The number of hydrogen-bond donors (Lipinski definition) is 1. The van der Waals surface area contributed by atoms with Gasteiger partial charge in [0.1, 0.15) is 5.75 Å². The first-order valence-electron chi connectivity index (χ1n) is 7.71. The summed E-state index contributed by atoms with van der Waals surface area (Å²) in [4.78, 5) is 0. The second kappa shape index (κ2) is 8.28. The molecule has 1 aromatic carbocycles. The van der Waals surface area contributed by atoms with Crippen molar-refractivity contribution in [1.29, 1.82) is 0 Å². The summed E-state index contributed by atoms with van der Waals surface area (Å²) in [6.45, 7) is 2.02. The summed E-state index contributed by atoms with van der Waals surface area (Å²) < 4.78 is 11.0. The average Bonchev–Trinajstić information content (AvgIpc) is 2.98. The molecule has 0 aromatic heterocycles. The van der Waals surface area contributed by atoms with E-state index in [1.54, 1.807) is 7.11 Å². The second-order valence-electron chi connectivity index (χ2n) is 5.69. The van der Waals surface area contributed by atoms with E-state index < -0.39 is 0 Å². The van der Waals surface area contributed by atoms with Gasteiger partial charge in [0.15, 0.2) is 0 Å². The quantitative estimate of drug-likeness (QED) is 0.792. The van der Waals surface area contributed by atoms with E-state index in [2.05, 4.69) is 23.5 Å². The highest BCUT2D eigenvalue weighted by Gasteiger charge is 2.18. The van der Waals surface area contributed by atoms with Crippen LogP contribution < -0.4 is 10.1 Å². The summed E-state index contributed by atoms with van der Waals surface area (Å²) in [5, 5.41) is 3.32. The number of rotatable bonds is 8. The third-order valence-corrected chi connectivity index (χ3v) is 4.07. The van der Waals surface area contributed by atoms with Crippen molar-refractivity contribution < 1.29 is 9.47 Å². The van der Waals surface area contributed by atoms with Crippen molar-refractivity contribution in [3.05, 3.63) is 29.8 Å². The number of nitrogens with one attached hydrogen (secondary N) is 1. The van der Waals surface area contributed by atoms with E-state index in [9.17, 15) is 0 Å². The molecule has 0 amide bonds. The number of ether oxygens (including phenoxy) is 2. The molecule has 3 heteroatoms. The van der Waals surface area contributed by atoms with Crippen LogP contribution in [0, 0.1) is 5.92 Å². The van der Waals surface area contributed by atoms with Gasteiger partial charge >= 0.3 is 0 Å². The lowest BCUT2D eigenvalue weighted by Gasteiger charge is -2.19. The summed E-state index contributed by atoms with van der Waals surface area (Å²) in [7, 11) is 3.76. The lowest BCUT2D eigenvalue weighted by atomic mass is 9.93. The van der Waals surface area contributed by atoms with Gasteiger partial charge in [-0.2, -0.15) is 0 Å². The Hall–Kier alpha value is -1.06. The lowest BCUT2D eigenvalue weighted by molar-refractivity contribution is 0.0980. The van der Waals surface area contributed by atoms with Crippen LogP contribution in [0.25, 0.3) is 0 Å². The Labute approximate surface area is 122 Å². The van der Waals surface area contributed by atoms with Crippen LogP contribution in [0.4, 0.5) is 0 Å². The first-order valence-corrected chi connectivity index (χ1v) is 7.71. The number of methoxy groups -OCH3 is 1. The van der Waals surface area contributed by atoms with Gasteiger partial charge in [-0.1, -0.05) is 12.1 Å². The highest BCUT2D eigenvalue weighted by atomic mass is 16.5. The zero-order valence-electron chi connectivity index (χ0n) is 12.7. The first-order chi connectivity index (χ1) is 9.81. The van der Waals surface area contributed by atoms with Crippen LogP contribution in [0.15, 0.2) is 24.3 Å². The molecule has 3 nitrogen and oxygen atoms in total. The SMILES string of the molecule is CNCC(CCC1CCCO1)Cc1cccc(OC)c1. The summed E-state index contributed by atoms with van der Waals surface area (Å²) in [6.07, 6.45) is 6.49. The molecule has 0 saturated carbocycles. The second-order valence-corrected chi connectivity index (χ2v) is 5.69. The van der Waals surface area contributed by atoms with Crippen LogP contribution in [0.3, 0.4) is 0 Å². The fourth-order valence-corrected chi connectivity index (χ4v) is 2.99. The fraction of sp³-hybridized carbons (Fsp3) is 0.647. The molecule has 1 N–H and O–H groups in total. The molecule has 0 bridgehead atoms. The third kappa shape index (κ3) is 4.80. The smallest absolute Gasteiger partial charge is 0.119 e. The van der Waals surface area contributed by atoms with Gasteiger partial charge in [-0.15, -0.1) is 0 Å². The van der Waals surface area contributed by atoms with Crippen LogP contribution in [0.5, 0.6) is 5.75 Å². The molecule has 0 spiro atoms. The molecule has 2 unspecified atom stereocenters. The maximum Gasteiger partial charge on any atom is 0.119 e. The lowest BCUT2D eigenvalue weighted by Crippen LogP contribution is -2.22. The summed E-state index contributed by atoms with van der Waals surface area (Å²) in [5.41, 5.74) is 1.36. The van der Waals surface area contributed by atoms with Crippen molar-refractivity contribution >= 4 is 0 Å². The topological polar surface area (TPSA) is 30.5 Å². The molecular weight excluding hydrogens is 250 g/mol. The molecule has 0 radical (unpaired) electrons. The minimum Gasteiger partial charge on any atom is -0.497 e. The van der Waals surface area contributed by atoms with Crippen molar-refractivity contribution in [2.24, 2.45) is 5.92 Å². The monoisotopic (exact) mass is 277 g/mol. The molecule has 1 aliphatic heterocycles. The molecule has 1 aliphatic rings. The highest BCUT2D eigenvalue weighted by molar-refractivity contribution is 5.28. The maximum absolute atomic E-state index is 5.73. The number of benzene rings is 1. The van der Waals surface area contributed by atoms with E-state index in [0.29, 0.717) is 12.0 Å². The van der Waals surface area contributed by atoms with Crippen molar-refractivity contribution in [3.8, 4) is 5.75 Å². The highest BCUT2D eigenvalue weighted by Crippen LogP contribution is 2.22. The predicted molar refractivity (Wildman–Crippen MR) is 82.3 cm³/mol. The van der Waals surface area contributed by atoms with Gasteiger partial charge in [0.25, 0.3) is 0 Å². The van der Waals surface area contributed by atoms with E-state index in [0.717, 1.165) is 25.3 Å². The van der Waals surface area contributed by atoms with Crippen LogP contribution in [0.1, 0.15) is 31.2 Å². The maximum atomic E-state index is 5.73. The van der Waals surface area contributed by atoms with Gasteiger partial charge in [-0.25, -0.2) is 0 Å². The fourth-order valence-electron chi connectivity index (χ4n) is 2.99. The van der Waals surface area contributed by atoms with Gasteiger partial charge in [-0.05, 0) is 69.3 Å². The largest absolute Gasteiger partial charge is 0.497 e. The molecule has 1 aromatic rings. The molecule has 1 saturated heterocycles. The minimum absolute atomic E-state index is 0.500. The summed E-state index contributed by atoms with van der Waals surface area (Å²) >= 11 is 0. The first kappa shape index (κ1) is 15.3. The van der Waals surface area contributed by atoms with E-state index in [1.165, 1.54) is 31.2 Å². The Morgan fingerprint density at radius 1 is 1.45 bits per heavy atom. The molecule has 2 atom stereocenters. The van der Waals surface area contributed by atoms with Crippen LogP contribution in [-0.4, -0.2) is 33.4 Å². The Morgan fingerprint density at radius 3 is 3.05 bits per heavy atom. The van der Waals surface area contributed by atoms with E-state index in [4.69, 9.17) is 9.47 Å². The molecular formula is C17H27NO2.